The van der Waals surface area contributed by atoms with Crippen LogP contribution >= 0.6 is 11.8 Å². The van der Waals surface area contributed by atoms with Gasteiger partial charge < -0.3 is 15.5 Å². The molecule has 0 aliphatic heterocycles. The van der Waals surface area contributed by atoms with Gasteiger partial charge in [-0.15, -0.1) is 11.8 Å². The number of nitrogens with zero attached hydrogens (tertiary/aromatic N) is 3. The number of nitrogens with one attached hydrogen (secondary N) is 1. The number of rotatable bonds is 10. The monoisotopic (exact) mass is 489 g/mol. The maximum Gasteiger partial charge on any atom is 0.330 e. The number of nitrogens with two attached hydrogens (primary N) is 1. The number of aromatic amines is 1. The van der Waals surface area contributed by atoms with Crippen LogP contribution in [0.25, 0.3) is 0 Å². The number of amides is 2. The van der Waals surface area contributed by atoms with Gasteiger partial charge >= 0.3 is 5.69 Å². The van der Waals surface area contributed by atoms with Crippen molar-refractivity contribution in [1.82, 2.24) is 14.5 Å². The molecular formula is C24H35N5O4S. The number of carbonyl (C=O) groups is 2. The smallest absolute Gasteiger partial charge is 0.330 e. The maximum atomic E-state index is 13.3. The summed E-state index contributed by atoms with van der Waals surface area (Å²) in [6, 6.07) is 7.85. The Hall–Kier alpha value is -3.01. The van der Waals surface area contributed by atoms with Gasteiger partial charge in [0.1, 0.15) is 5.82 Å². The average molecular weight is 490 g/mol. The summed E-state index contributed by atoms with van der Waals surface area (Å²) in [5, 5.41) is 0. The standard InChI is InChI=1S/C24H35N5O4S/c1-15(2)11-28(21-22(25)29(12-16(3)4)24(33)26-23(21)32)19(30)13-27(6)20(31)14-34-18-9-7-17(5)8-10-18/h7-10,15-16H,11-14,25H2,1-6H3,(H,26,32,33). The zero-order chi connectivity index (χ0) is 25.6. The summed E-state index contributed by atoms with van der Waals surface area (Å²) in [5.74, 6) is -0.416. The molecule has 2 amide bonds. The third-order valence-electron chi connectivity index (χ3n) is 5.06. The van der Waals surface area contributed by atoms with Crippen LogP contribution in [0.5, 0.6) is 0 Å². The quantitative estimate of drug-likeness (QED) is 0.494. The van der Waals surface area contributed by atoms with Crippen molar-refractivity contribution in [2.24, 2.45) is 11.8 Å². The second kappa shape index (κ2) is 11.9. The molecule has 186 valence electrons. The van der Waals surface area contributed by atoms with Gasteiger partial charge in [-0.1, -0.05) is 45.4 Å². The minimum atomic E-state index is -0.722. The Bertz CT molecular complexity index is 1120. The normalized spacial score (nSPS) is 11.2. The van der Waals surface area contributed by atoms with E-state index in [0.717, 1.165) is 10.5 Å². The number of aryl methyl sites for hydroxylation is 1. The molecule has 0 atom stereocenters. The number of likely N-dealkylation sites (N-methyl/N-ethyl adjacent to an activating group) is 1. The lowest BCUT2D eigenvalue weighted by Gasteiger charge is -2.28. The first-order valence-electron chi connectivity index (χ1n) is 11.3. The second-order valence-electron chi connectivity index (χ2n) is 9.25. The lowest BCUT2D eigenvalue weighted by atomic mass is 10.2. The summed E-state index contributed by atoms with van der Waals surface area (Å²) >= 11 is 1.39. The Kier molecular flexibility index (Phi) is 9.55. The van der Waals surface area contributed by atoms with Crippen LogP contribution in [0.3, 0.4) is 0 Å². The van der Waals surface area contributed by atoms with Crippen LogP contribution < -0.4 is 21.9 Å². The molecule has 0 unspecified atom stereocenters. The topological polar surface area (TPSA) is 121 Å². The minimum absolute atomic E-state index is 0.0197. The third-order valence-corrected chi connectivity index (χ3v) is 6.06. The second-order valence-corrected chi connectivity index (χ2v) is 10.3. The van der Waals surface area contributed by atoms with Crippen molar-refractivity contribution in [3.8, 4) is 0 Å². The molecule has 0 radical (unpaired) electrons. The summed E-state index contributed by atoms with van der Waals surface area (Å²) in [5.41, 5.74) is 5.97. The van der Waals surface area contributed by atoms with Crippen molar-refractivity contribution in [3.63, 3.8) is 0 Å². The highest BCUT2D eigenvalue weighted by Gasteiger charge is 2.27. The summed E-state index contributed by atoms with van der Waals surface area (Å²) in [6.07, 6.45) is 0. The van der Waals surface area contributed by atoms with Gasteiger partial charge in [0.05, 0.1) is 12.3 Å². The molecule has 2 rings (SSSR count). The van der Waals surface area contributed by atoms with Crippen molar-refractivity contribution >= 4 is 35.1 Å². The number of hydrogen-bond acceptors (Lipinski definition) is 6. The van der Waals surface area contributed by atoms with Gasteiger partial charge in [0, 0.05) is 25.0 Å². The van der Waals surface area contributed by atoms with Crippen molar-refractivity contribution in [3.05, 3.63) is 50.7 Å². The van der Waals surface area contributed by atoms with Gasteiger partial charge in [-0.25, -0.2) is 4.79 Å². The van der Waals surface area contributed by atoms with Crippen LogP contribution in [0.2, 0.25) is 0 Å². The molecule has 3 N–H and O–H groups in total. The largest absolute Gasteiger partial charge is 0.383 e. The molecule has 0 aliphatic rings. The van der Waals surface area contributed by atoms with E-state index in [1.807, 2.05) is 58.9 Å². The van der Waals surface area contributed by atoms with Gasteiger partial charge in [-0.3, -0.25) is 23.9 Å². The number of carbonyl (C=O) groups excluding carboxylic acids is 2. The predicted octanol–water partition coefficient (Wildman–Crippen LogP) is 2.32. The van der Waals surface area contributed by atoms with E-state index in [-0.39, 0.29) is 48.1 Å². The van der Waals surface area contributed by atoms with Gasteiger partial charge in [-0.2, -0.15) is 0 Å². The number of anilines is 2. The van der Waals surface area contributed by atoms with E-state index in [0.29, 0.717) is 6.54 Å². The number of thioether (sulfide) groups is 1. The molecule has 0 saturated heterocycles. The number of nitrogen functional groups attached to an aromatic ring is 1. The molecule has 0 aliphatic carbocycles. The van der Waals surface area contributed by atoms with Gasteiger partial charge in [-0.05, 0) is 30.9 Å². The molecule has 0 fully saturated rings. The Morgan fingerprint density at radius 3 is 2.24 bits per heavy atom. The van der Waals surface area contributed by atoms with E-state index in [4.69, 9.17) is 5.73 Å². The fourth-order valence-corrected chi connectivity index (χ4v) is 4.17. The number of aromatic nitrogens is 2. The Morgan fingerprint density at radius 2 is 1.68 bits per heavy atom. The van der Waals surface area contributed by atoms with Gasteiger partial charge in [0.15, 0.2) is 5.69 Å². The minimum Gasteiger partial charge on any atom is -0.383 e. The zero-order valence-electron chi connectivity index (χ0n) is 20.8. The molecule has 1 aromatic carbocycles. The van der Waals surface area contributed by atoms with E-state index < -0.39 is 17.2 Å². The molecule has 2 aromatic rings. The first-order valence-corrected chi connectivity index (χ1v) is 12.3. The maximum absolute atomic E-state index is 13.3. The predicted molar refractivity (Wildman–Crippen MR) is 137 cm³/mol. The molecule has 0 saturated carbocycles. The van der Waals surface area contributed by atoms with Crippen LogP contribution in [0.1, 0.15) is 33.3 Å². The Balaban J connectivity index is 2.24. The van der Waals surface area contributed by atoms with Crippen molar-refractivity contribution in [2.45, 2.75) is 46.1 Å². The molecule has 0 spiro atoms. The van der Waals surface area contributed by atoms with Crippen molar-refractivity contribution in [1.29, 1.82) is 0 Å². The lowest BCUT2D eigenvalue weighted by Crippen LogP contribution is -2.47. The highest BCUT2D eigenvalue weighted by atomic mass is 32.2. The van der Waals surface area contributed by atoms with E-state index in [1.165, 1.54) is 26.1 Å². The molecular weight excluding hydrogens is 454 g/mol. The molecule has 1 aromatic heterocycles. The highest BCUT2D eigenvalue weighted by molar-refractivity contribution is 8.00. The van der Waals surface area contributed by atoms with Crippen molar-refractivity contribution < 1.29 is 9.59 Å². The lowest BCUT2D eigenvalue weighted by molar-refractivity contribution is -0.131. The van der Waals surface area contributed by atoms with Gasteiger partial charge in [0.2, 0.25) is 11.8 Å². The average Bonchev–Trinajstić information content (AvgIpc) is 2.74. The summed E-state index contributed by atoms with van der Waals surface area (Å²) in [7, 11) is 1.55. The van der Waals surface area contributed by atoms with Crippen LogP contribution in [0, 0.1) is 18.8 Å². The van der Waals surface area contributed by atoms with Crippen LogP contribution in [-0.2, 0) is 16.1 Å². The van der Waals surface area contributed by atoms with E-state index in [1.54, 1.807) is 7.05 Å². The van der Waals surface area contributed by atoms with Gasteiger partial charge in [0.25, 0.3) is 5.56 Å². The summed E-state index contributed by atoms with van der Waals surface area (Å²) in [6.45, 7) is 9.94. The summed E-state index contributed by atoms with van der Waals surface area (Å²) < 4.78 is 1.27. The Morgan fingerprint density at radius 1 is 1.06 bits per heavy atom. The molecule has 0 bridgehead atoms. The molecule has 9 nitrogen and oxygen atoms in total. The molecule has 1 heterocycles. The fraction of sp³-hybridized carbons (Fsp3) is 0.500. The highest BCUT2D eigenvalue weighted by Crippen LogP contribution is 2.21. The van der Waals surface area contributed by atoms with Crippen LogP contribution in [0.15, 0.2) is 38.8 Å². The van der Waals surface area contributed by atoms with Crippen molar-refractivity contribution in [2.75, 3.05) is 36.5 Å². The molecule has 10 heteroatoms. The van der Waals surface area contributed by atoms with E-state index in [9.17, 15) is 19.2 Å². The third kappa shape index (κ3) is 7.24. The Labute approximate surface area is 204 Å². The summed E-state index contributed by atoms with van der Waals surface area (Å²) in [4.78, 5) is 56.8. The SMILES string of the molecule is Cc1ccc(SCC(=O)N(C)CC(=O)N(CC(C)C)c2c(N)n(CC(C)C)c(=O)[nH]c2=O)cc1. The van der Waals surface area contributed by atoms with E-state index in [2.05, 4.69) is 4.98 Å². The number of benzene rings is 1. The first kappa shape index (κ1) is 27.2. The zero-order valence-corrected chi connectivity index (χ0v) is 21.6. The fourth-order valence-electron chi connectivity index (χ4n) is 3.33. The first-order chi connectivity index (χ1) is 15.9. The number of hydrogen-bond donors (Lipinski definition) is 2. The van der Waals surface area contributed by atoms with Crippen LogP contribution in [0.4, 0.5) is 11.5 Å². The van der Waals surface area contributed by atoms with Crippen LogP contribution in [-0.4, -0.2) is 52.2 Å². The number of H-pyrrole nitrogens is 1. The van der Waals surface area contributed by atoms with E-state index >= 15 is 0 Å². The molecule has 34 heavy (non-hydrogen) atoms.